The molecule has 4 nitrogen and oxygen atoms in total. The van der Waals surface area contributed by atoms with Gasteiger partial charge in [-0.25, -0.2) is 9.89 Å². The van der Waals surface area contributed by atoms with Gasteiger partial charge in [-0.2, -0.15) is 0 Å². The first-order valence-corrected chi connectivity index (χ1v) is 5.37. The molecule has 4 heteroatoms. The SMILES string of the molecule is CCCCCCCCc1n[nH]c(=O)o1. The zero-order valence-corrected chi connectivity index (χ0v) is 8.71. The maximum Gasteiger partial charge on any atom is 0.434 e. The van der Waals surface area contributed by atoms with E-state index in [2.05, 4.69) is 17.1 Å². The lowest BCUT2D eigenvalue weighted by Crippen LogP contribution is -1.93. The van der Waals surface area contributed by atoms with Crippen molar-refractivity contribution in [2.75, 3.05) is 0 Å². The van der Waals surface area contributed by atoms with Crippen LogP contribution in [0.3, 0.4) is 0 Å². The fraction of sp³-hybridized carbons (Fsp3) is 0.800. The van der Waals surface area contributed by atoms with Crippen LogP contribution in [0.1, 0.15) is 51.3 Å². The highest BCUT2D eigenvalue weighted by Gasteiger charge is 1.99. The molecule has 1 N–H and O–H groups in total. The average Bonchev–Trinajstić information content (AvgIpc) is 2.58. The van der Waals surface area contributed by atoms with Gasteiger partial charge in [-0.15, -0.1) is 5.10 Å². The summed E-state index contributed by atoms with van der Waals surface area (Å²) in [6.45, 7) is 2.21. The van der Waals surface area contributed by atoms with Gasteiger partial charge in [0.25, 0.3) is 0 Å². The molecule has 1 aromatic rings. The topological polar surface area (TPSA) is 58.9 Å². The largest absolute Gasteiger partial charge is 0.434 e. The van der Waals surface area contributed by atoms with Gasteiger partial charge in [0.15, 0.2) is 0 Å². The molecule has 1 heterocycles. The van der Waals surface area contributed by atoms with Gasteiger partial charge in [-0.1, -0.05) is 39.0 Å². The second-order valence-electron chi connectivity index (χ2n) is 3.52. The van der Waals surface area contributed by atoms with E-state index in [-0.39, 0.29) is 0 Å². The first-order valence-electron chi connectivity index (χ1n) is 5.37. The van der Waals surface area contributed by atoms with Gasteiger partial charge in [0, 0.05) is 6.42 Å². The summed E-state index contributed by atoms with van der Waals surface area (Å²) in [6, 6.07) is 0. The van der Waals surface area contributed by atoms with E-state index >= 15 is 0 Å². The fourth-order valence-corrected chi connectivity index (χ4v) is 1.42. The van der Waals surface area contributed by atoms with Crippen LogP contribution in [0.25, 0.3) is 0 Å². The van der Waals surface area contributed by atoms with Crippen molar-refractivity contribution < 1.29 is 4.42 Å². The van der Waals surface area contributed by atoms with E-state index in [1.165, 1.54) is 32.1 Å². The molecule has 0 saturated heterocycles. The van der Waals surface area contributed by atoms with E-state index in [1.807, 2.05) is 0 Å². The molecule has 80 valence electrons. The summed E-state index contributed by atoms with van der Waals surface area (Å²) in [7, 11) is 0. The first kappa shape index (κ1) is 11.0. The Morgan fingerprint density at radius 1 is 1.21 bits per heavy atom. The Bertz CT molecular complexity index is 290. The molecule has 0 aliphatic rings. The number of hydrogen-bond acceptors (Lipinski definition) is 3. The Labute approximate surface area is 83.7 Å². The number of nitrogens with zero attached hydrogens (tertiary/aromatic N) is 1. The van der Waals surface area contributed by atoms with Crippen LogP contribution in [0.2, 0.25) is 0 Å². The van der Waals surface area contributed by atoms with E-state index in [0.29, 0.717) is 5.89 Å². The molecule has 0 saturated carbocycles. The van der Waals surface area contributed by atoms with Crippen molar-refractivity contribution in [2.24, 2.45) is 0 Å². The number of rotatable bonds is 7. The molecular formula is C10H18N2O2. The van der Waals surface area contributed by atoms with Gasteiger partial charge in [0.05, 0.1) is 0 Å². The summed E-state index contributed by atoms with van der Waals surface area (Å²) < 4.78 is 4.79. The minimum absolute atomic E-state index is 0.453. The molecule has 0 fully saturated rings. The van der Waals surface area contributed by atoms with Gasteiger partial charge in [-0.05, 0) is 6.42 Å². The Balaban J connectivity index is 2.02. The number of nitrogens with one attached hydrogen (secondary N) is 1. The summed E-state index contributed by atoms with van der Waals surface area (Å²) in [5, 5.41) is 6.00. The fourth-order valence-electron chi connectivity index (χ4n) is 1.42. The predicted molar refractivity (Wildman–Crippen MR) is 54.2 cm³/mol. The smallest absolute Gasteiger partial charge is 0.393 e. The predicted octanol–water partition coefficient (Wildman–Crippen LogP) is 2.27. The normalized spacial score (nSPS) is 10.6. The van der Waals surface area contributed by atoms with Crippen molar-refractivity contribution in [2.45, 2.75) is 51.9 Å². The summed E-state index contributed by atoms with van der Waals surface area (Å²) >= 11 is 0. The van der Waals surface area contributed by atoms with Crippen molar-refractivity contribution in [3.63, 3.8) is 0 Å². The minimum Gasteiger partial charge on any atom is -0.393 e. The monoisotopic (exact) mass is 198 g/mol. The molecule has 0 spiro atoms. The molecule has 0 aliphatic carbocycles. The van der Waals surface area contributed by atoms with Crippen molar-refractivity contribution >= 4 is 0 Å². The van der Waals surface area contributed by atoms with Gasteiger partial charge in [0.2, 0.25) is 5.89 Å². The second-order valence-corrected chi connectivity index (χ2v) is 3.52. The molecule has 0 unspecified atom stereocenters. The highest BCUT2D eigenvalue weighted by Crippen LogP contribution is 2.07. The molecular weight excluding hydrogens is 180 g/mol. The third kappa shape index (κ3) is 4.25. The van der Waals surface area contributed by atoms with E-state index in [0.717, 1.165) is 12.8 Å². The third-order valence-electron chi connectivity index (χ3n) is 2.23. The number of H-pyrrole nitrogens is 1. The average molecular weight is 198 g/mol. The highest BCUT2D eigenvalue weighted by molar-refractivity contribution is 4.72. The summed E-state index contributed by atoms with van der Waals surface area (Å²) in [5.41, 5.74) is 0. The number of unbranched alkanes of at least 4 members (excludes halogenated alkanes) is 5. The quantitative estimate of drug-likeness (QED) is 0.684. The maximum atomic E-state index is 10.6. The van der Waals surface area contributed by atoms with Crippen LogP contribution >= 0.6 is 0 Å². The van der Waals surface area contributed by atoms with Crippen LogP contribution < -0.4 is 5.76 Å². The molecule has 1 rings (SSSR count). The van der Waals surface area contributed by atoms with Crippen molar-refractivity contribution in [3.8, 4) is 0 Å². The van der Waals surface area contributed by atoms with E-state index in [4.69, 9.17) is 4.42 Å². The Hall–Kier alpha value is -1.06. The minimum atomic E-state index is -0.453. The zero-order valence-electron chi connectivity index (χ0n) is 8.71. The number of aryl methyl sites for hydroxylation is 1. The van der Waals surface area contributed by atoms with Crippen LogP contribution in [-0.4, -0.2) is 10.2 Å². The number of aromatic nitrogens is 2. The van der Waals surface area contributed by atoms with E-state index in [9.17, 15) is 4.79 Å². The van der Waals surface area contributed by atoms with Gasteiger partial charge in [-0.3, -0.25) is 0 Å². The lowest BCUT2D eigenvalue weighted by molar-refractivity contribution is 0.450. The standard InChI is InChI=1S/C10H18N2O2/c1-2-3-4-5-6-7-8-9-11-12-10(13)14-9/h2-8H2,1H3,(H,12,13). The maximum absolute atomic E-state index is 10.6. The summed E-state index contributed by atoms with van der Waals surface area (Å²) in [4.78, 5) is 10.6. The second kappa shape index (κ2) is 6.40. The van der Waals surface area contributed by atoms with Gasteiger partial charge in [0.1, 0.15) is 0 Å². The van der Waals surface area contributed by atoms with E-state index in [1.54, 1.807) is 0 Å². The first-order chi connectivity index (χ1) is 6.83. The molecule has 0 amide bonds. The molecule has 0 aromatic carbocycles. The van der Waals surface area contributed by atoms with Crippen LogP contribution in [0.15, 0.2) is 9.21 Å². The van der Waals surface area contributed by atoms with Crippen molar-refractivity contribution in [1.82, 2.24) is 10.2 Å². The molecule has 0 radical (unpaired) electrons. The molecule has 0 aliphatic heterocycles. The molecule has 1 aromatic heterocycles. The summed E-state index contributed by atoms with van der Waals surface area (Å²) in [6.07, 6.45) is 8.17. The van der Waals surface area contributed by atoms with Crippen LogP contribution in [-0.2, 0) is 6.42 Å². The van der Waals surface area contributed by atoms with Crippen LogP contribution in [0.4, 0.5) is 0 Å². The Morgan fingerprint density at radius 3 is 2.57 bits per heavy atom. The molecule has 14 heavy (non-hydrogen) atoms. The molecule has 0 atom stereocenters. The van der Waals surface area contributed by atoms with Gasteiger partial charge >= 0.3 is 5.76 Å². The molecule has 0 bridgehead atoms. The Morgan fingerprint density at radius 2 is 1.93 bits per heavy atom. The zero-order chi connectivity index (χ0) is 10.2. The Kier molecular flexibility index (Phi) is 5.04. The number of aromatic amines is 1. The van der Waals surface area contributed by atoms with Crippen LogP contribution in [0.5, 0.6) is 0 Å². The van der Waals surface area contributed by atoms with Crippen molar-refractivity contribution in [1.29, 1.82) is 0 Å². The lowest BCUT2D eigenvalue weighted by Gasteiger charge is -1.97. The van der Waals surface area contributed by atoms with Crippen LogP contribution in [0, 0.1) is 0 Å². The van der Waals surface area contributed by atoms with Gasteiger partial charge < -0.3 is 4.42 Å². The summed E-state index contributed by atoms with van der Waals surface area (Å²) in [5.74, 6) is 0.0801. The van der Waals surface area contributed by atoms with Crippen molar-refractivity contribution in [3.05, 3.63) is 16.4 Å². The highest BCUT2D eigenvalue weighted by atomic mass is 16.4. The van der Waals surface area contributed by atoms with E-state index < -0.39 is 5.76 Å². The lowest BCUT2D eigenvalue weighted by atomic mass is 10.1. The third-order valence-corrected chi connectivity index (χ3v) is 2.23. The number of hydrogen-bond donors (Lipinski definition) is 1.